The Morgan fingerprint density at radius 3 is 2.67 bits per heavy atom. The van der Waals surface area contributed by atoms with Crippen molar-refractivity contribution in [3.05, 3.63) is 11.6 Å². The van der Waals surface area contributed by atoms with Crippen LogP contribution in [0.3, 0.4) is 0 Å². The van der Waals surface area contributed by atoms with Crippen molar-refractivity contribution in [2.75, 3.05) is 0 Å². The number of nitrogens with zero attached hydrogens (tertiary/aromatic N) is 3. The van der Waals surface area contributed by atoms with Gasteiger partial charge in [0.1, 0.15) is 6.33 Å². The molecule has 1 fully saturated rings. The minimum absolute atomic E-state index is 0.167. The molecule has 66 valence electrons. The monoisotopic (exact) mass is 185 g/mol. The van der Waals surface area contributed by atoms with E-state index in [2.05, 4.69) is 17.1 Å². The molecule has 0 aliphatic heterocycles. The fraction of sp³-hybridized carbons (Fsp3) is 0.750. The van der Waals surface area contributed by atoms with Crippen LogP contribution in [0.2, 0.25) is 5.28 Å². The summed E-state index contributed by atoms with van der Waals surface area (Å²) in [7, 11) is 0. The van der Waals surface area contributed by atoms with Crippen molar-refractivity contribution in [1.82, 2.24) is 14.8 Å². The van der Waals surface area contributed by atoms with Gasteiger partial charge in [-0.25, -0.2) is 0 Å². The third kappa shape index (κ3) is 1.12. The van der Waals surface area contributed by atoms with Crippen molar-refractivity contribution in [3.63, 3.8) is 0 Å². The highest BCUT2D eigenvalue weighted by atomic mass is 35.5. The summed E-state index contributed by atoms with van der Waals surface area (Å²) in [5, 5.41) is 8.09. The third-order valence-corrected chi connectivity index (χ3v) is 3.03. The summed E-state index contributed by atoms with van der Waals surface area (Å²) in [6, 6.07) is 0. The van der Waals surface area contributed by atoms with Crippen LogP contribution in [0.1, 0.15) is 32.6 Å². The summed E-state index contributed by atoms with van der Waals surface area (Å²) in [6.45, 7) is 2.22. The lowest BCUT2D eigenvalue weighted by molar-refractivity contribution is 0.328. The van der Waals surface area contributed by atoms with E-state index >= 15 is 0 Å². The first-order valence-corrected chi connectivity index (χ1v) is 4.66. The zero-order chi connectivity index (χ0) is 8.60. The van der Waals surface area contributed by atoms with Crippen LogP contribution in [-0.4, -0.2) is 14.8 Å². The average molecular weight is 186 g/mol. The van der Waals surface area contributed by atoms with E-state index < -0.39 is 0 Å². The summed E-state index contributed by atoms with van der Waals surface area (Å²) in [6.07, 6.45) is 6.67. The van der Waals surface area contributed by atoms with Gasteiger partial charge >= 0.3 is 0 Å². The number of hydrogen-bond acceptors (Lipinski definition) is 2. The normalized spacial score (nSPS) is 21.5. The summed E-state index contributed by atoms with van der Waals surface area (Å²) >= 11 is 5.90. The molecule has 0 unspecified atom stereocenters. The maximum Gasteiger partial charge on any atom is 0.225 e. The second kappa shape index (κ2) is 2.73. The predicted molar refractivity (Wildman–Crippen MR) is 47.1 cm³/mol. The van der Waals surface area contributed by atoms with Crippen molar-refractivity contribution in [2.45, 2.75) is 38.1 Å². The second-order valence-electron chi connectivity index (χ2n) is 3.67. The molecule has 1 saturated carbocycles. The van der Waals surface area contributed by atoms with Crippen LogP contribution in [0.25, 0.3) is 0 Å². The molecule has 1 aromatic heterocycles. The van der Waals surface area contributed by atoms with Crippen molar-refractivity contribution < 1.29 is 0 Å². The molecule has 0 spiro atoms. The lowest BCUT2D eigenvalue weighted by atomic mass is 10.0. The summed E-state index contributed by atoms with van der Waals surface area (Å²) < 4.78 is 1.99. The van der Waals surface area contributed by atoms with Crippen molar-refractivity contribution in [1.29, 1.82) is 0 Å². The molecular weight excluding hydrogens is 174 g/mol. The molecular formula is C8H12ClN3. The Hall–Kier alpha value is -0.570. The highest BCUT2D eigenvalue weighted by Crippen LogP contribution is 2.37. The molecule has 0 radical (unpaired) electrons. The second-order valence-corrected chi connectivity index (χ2v) is 4.01. The van der Waals surface area contributed by atoms with Crippen molar-refractivity contribution in [3.8, 4) is 0 Å². The van der Waals surface area contributed by atoms with Crippen LogP contribution in [0.5, 0.6) is 0 Å². The van der Waals surface area contributed by atoms with Gasteiger partial charge in [0.2, 0.25) is 5.28 Å². The smallest absolute Gasteiger partial charge is 0.225 e. The first-order valence-electron chi connectivity index (χ1n) is 4.28. The molecule has 12 heavy (non-hydrogen) atoms. The van der Waals surface area contributed by atoms with Crippen LogP contribution < -0.4 is 0 Å². The van der Waals surface area contributed by atoms with Gasteiger partial charge in [-0.3, -0.25) is 4.57 Å². The molecule has 1 aliphatic rings. The first kappa shape index (κ1) is 8.05. The molecule has 2 rings (SSSR count). The fourth-order valence-electron chi connectivity index (χ4n) is 1.96. The molecule has 0 saturated heterocycles. The summed E-state index contributed by atoms with van der Waals surface area (Å²) in [5.74, 6) is 0. The molecule has 0 amide bonds. The Morgan fingerprint density at radius 1 is 1.50 bits per heavy atom. The predicted octanol–water partition coefficient (Wildman–Crippen LogP) is 2.22. The maximum absolute atomic E-state index is 5.90. The van der Waals surface area contributed by atoms with Crippen LogP contribution in [0, 0.1) is 0 Å². The quantitative estimate of drug-likeness (QED) is 0.672. The topological polar surface area (TPSA) is 30.7 Å². The van der Waals surface area contributed by atoms with Crippen LogP contribution >= 0.6 is 11.6 Å². The van der Waals surface area contributed by atoms with E-state index in [0.29, 0.717) is 5.28 Å². The SMILES string of the molecule is CC1(n2cnnc2Cl)CCCC1. The lowest BCUT2D eigenvalue weighted by Gasteiger charge is -2.25. The molecule has 4 heteroatoms. The van der Waals surface area contributed by atoms with Gasteiger partial charge in [-0.1, -0.05) is 12.8 Å². The lowest BCUT2D eigenvalue weighted by Crippen LogP contribution is -2.25. The van der Waals surface area contributed by atoms with Crippen molar-refractivity contribution >= 4 is 11.6 Å². The van der Waals surface area contributed by atoms with Crippen LogP contribution in [0.4, 0.5) is 0 Å². The maximum atomic E-state index is 5.90. The Kier molecular flexibility index (Phi) is 1.83. The number of rotatable bonds is 1. The zero-order valence-electron chi connectivity index (χ0n) is 7.13. The van der Waals surface area contributed by atoms with Crippen LogP contribution in [-0.2, 0) is 5.54 Å². The molecule has 0 bridgehead atoms. The van der Waals surface area contributed by atoms with Gasteiger partial charge in [0.25, 0.3) is 0 Å². The van der Waals surface area contributed by atoms with E-state index in [1.54, 1.807) is 6.33 Å². The number of aromatic nitrogens is 3. The molecule has 0 atom stereocenters. The van der Waals surface area contributed by atoms with Crippen molar-refractivity contribution in [2.24, 2.45) is 0 Å². The highest BCUT2D eigenvalue weighted by molar-refractivity contribution is 6.28. The Balaban J connectivity index is 2.34. The van der Waals surface area contributed by atoms with E-state index in [9.17, 15) is 0 Å². The van der Waals surface area contributed by atoms with E-state index in [1.165, 1.54) is 25.7 Å². The van der Waals surface area contributed by atoms with Gasteiger partial charge in [0.15, 0.2) is 0 Å². The first-order chi connectivity index (χ1) is 5.72. The summed E-state index contributed by atoms with van der Waals surface area (Å²) in [5.41, 5.74) is 0.167. The Morgan fingerprint density at radius 2 is 2.17 bits per heavy atom. The van der Waals surface area contributed by atoms with Crippen LogP contribution in [0.15, 0.2) is 6.33 Å². The number of hydrogen-bond donors (Lipinski definition) is 0. The molecule has 3 nitrogen and oxygen atoms in total. The van der Waals surface area contributed by atoms with E-state index in [4.69, 9.17) is 11.6 Å². The molecule has 1 aliphatic carbocycles. The minimum Gasteiger partial charge on any atom is -0.298 e. The molecule has 1 aromatic rings. The van der Waals surface area contributed by atoms with Gasteiger partial charge in [0.05, 0.1) is 0 Å². The fourth-order valence-corrected chi connectivity index (χ4v) is 2.25. The van der Waals surface area contributed by atoms with Gasteiger partial charge in [-0.15, -0.1) is 10.2 Å². The standard InChI is InChI=1S/C8H12ClN3/c1-8(4-2-3-5-8)12-6-10-11-7(12)9/h6H,2-5H2,1H3. The number of halogens is 1. The van der Waals surface area contributed by atoms with Gasteiger partial charge in [-0.2, -0.15) is 0 Å². The Labute approximate surface area is 76.7 Å². The van der Waals surface area contributed by atoms with Gasteiger partial charge in [-0.05, 0) is 31.4 Å². The highest BCUT2D eigenvalue weighted by Gasteiger charge is 2.31. The Bertz CT molecular complexity index is 276. The molecule has 0 N–H and O–H groups in total. The van der Waals surface area contributed by atoms with E-state index in [-0.39, 0.29) is 5.54 Å². The minimum atomic E-state index is 0.167. The largest absolute Gasteiger partial charge is 0.298 e. The van der Waals surface area contributed by atoms with Gasteiger partial charge < -0.3 is 0 Å². The zero-order valence-corrected chi connectivity index (χ0v) is 7.88. The third-order valence-electron chi connectivity index (χ3n) is 2.77. The molecule has 0 aromatic carbocycles. The van der Waals surface area contributed by atoms with E-state index in [0.717, 1.165) is 0 Å². The molecule has 1 heterocycles. The van der Waals surface area contributed by atoms with Gasteiger partial charge in [0, 0.05) is 5.54 Å². The summed E-state index contributed by atoms with van der Waals surface area (Å²) in [4.78, 5) is 0. The average Bonchev–Trinajstić information content (AvgIpc) is 2.59. The van der Waals surface area contributed by atoms with E-state index in [1.807, 2.05) is 4.57 Å².